The molecule has 104 valence electrons. The Bertz CT molecular complexity index is 579. The van der Waals surface area contributed by atoms with E-state index in [1.807, 2.05) is 12.4 Å². The van der Waals surface area contributed by atoms with E-state index in [1.54, 1.807) is 7.11 Å². The van der Waals surface area contributed by atoms with Gasteiger partial charge in [-0.1, -0.05) is 13.0 Å². The van der Waals surface area contributed by atoms with Crippen molar-refractivity contribution in [3.05, 3.63) is 59.4 Å². The zero-order valence-corrected chi connectivity index (χ0v) is 12.2. The lowest BCUT2D eigenvalue weighted by molar-refractivity contribution is 0.412. The van der Waals surface area contributed by atoms with Crippen LogP contribution in [-0.4, -0.2) is 12.1 Å². The fourth-order valence-electron chi connectivity index (χ4n) is 3.37. The molecule has 0 bridgehead atoms. The number of methoxy groups -OCH3 is 1. The molecule has 0 saturated carbocycles. The Hall–Kier alpha value is -1.83. The van der Waals surface area contributed by atoms with Crippen molar-refractivity contribution >= 4 is 0 Å². The average Bonchev–Trinajstić information content (AvgIpc) is 2.54. The average molecular weight is 267 g/mol. The Balaban J connectivity index is 1.93. The Morgan fingerprint density at radius 2 is 2.00 bits per heavy atom. The smallest absolute Gasteiger partial charge is 0.119 e. The van der Waals surface area contributed by atoms with Crippen molar-refractivity contribution in [2.45, 2.75) is 38.0 Å². The molecule has 1 aromatic heterocycles. The fraction of sp³-hybridized carbons (Fsp3) is 0.389. The quantitative estimate of drug-likeness (QED) is 0.826. The molecule has 2 atom stereocenters. The highest BCUT2D eigenvalue weighted by Crippen LogP contribution is 2.42. The third-order valence-electron chi connectivity index (χ3n) is 4.55. The normalized spacial score (nSPS) is 19.2. The van der Waals surface area contributed by atoms with E-state index in [0.717, 1.165) is 5.75 Å². The number of ether oxygens (including phenoxy) is 1. The number of aryl methyl sites for hydroxylation is 1. The molecule has 0 fully saturated rings. The summed E-state index contributed by atoms with van der Waals surface area (Å²) in [5.41, 5.74) is 4.34. The molecule has 1 aromatic carbocycles. The van der Waals surface area contributed by atoms with Gasteiger partial charge in [0.2, 0.25) is 0 Å². The molecule has 2 heteroatoms. The van der Waals surface area contributed by atoms with Crippen LogP contribution in [0.4, 0.5) is 0 Å². The van der Waals surface area contributed by atoms with Gasteiger partial charge in [-0.25, -0.2) is 0 Å². The molecule has 0 amide bonds. The van der Waals surface area contributed by atoms with Gasteiger partial charge in [-0.3, -0.25) is 4.98 Å². The van der Waals surface area contributed by atoms with Crippen LogP contribution in [-0.2, 0) is 6.42 Å². The van der Waals surface area contributed by atoms with Crippen LogP contribution >= 0.6 is 0 Å². The van der Waals surface area contributed by atoms with Crippen LogP contribution in [0.3, 0.4) is 0 Å². The van der Waals surface area contributed by atoms with E-state index in [-0.39, 0.29) is 0 Å². The predicted octanol–water partition coefficient (Wildman–Crippen LogP) is 4.31. The standard InChI is InChI=1S/C18H21NO/c1-13(14-8-10-19-11-9-14)17-5-3-4-15-12-16(20-2)6-7-18(15)17/h6-13,17H,3-5H2,1-2H3. The number of pyridine rings is 1. The van der Waals surface area contributed by atoms with Gasteiger partial charge in [0.15, 0.2) is 0 Å². The Labute approximate surface area is 120 Å². The topological polar surface area (TPSA) is 22.1 Å². The van der Waals surface area contributed by atoms with Crippen molar-refractivity contribution < 1.29 is 4.74 Å². The van der Waals surface area contributed by atoms with Gasteiger partial charge in [-0.05, 0) is 72.1 Å². The molecule has 1 aliphatic carbocycles. The maximum atomic E-state index is 5.35. The monoisotopic (exact) mass is 267 g/mol. The first kappa shape index (κ1) is 13.2. The van der Waals surface area contributed by atoms with Crippen LogP contribution < -0.4 is 4.74 Å². The molecule has 1 aliphatic rings. The number of nitrogens with zero attached hydrogens (tertiary/aromatic N) is 1. The second kappa shape index (κ2) is 5.66. The molecule has 0 aliphatic heterocycles. The molecule has 0 N–H and O–H groups in total. The highest BCUT2D eigenvalue weighted by molar-refractivity contribution is 5.41. The van der Waals surface area contributed by atoms with Crippen molar-refractivity contribution in [1.82, 2.24) is 4.98 Å². The SMILES string of the molecule is COc1ccc2c(c1)CCCC2C(C)c1ccncc1. The lowest BCUT2D eigenvalue weighted by Crippen LogP contribution is -2.15. The number of hydrogen-bond acceptors (Lipinski definition) is 2. The minimum Gasteiger partial charge on any atom is -0.497 e. The van der Waals surface area contributed by atoms with E-state index in [9.17, 15) is 0 Å². The van der Waals surface area contributed by atoms with Crippen LogP contribution in [0.1, 0.15) is 48.3 Å². The summed E-state index contributed by atoms with van der Waals surface area (Å²) in [5, 5.41) is 0. The lowest BCUT2D eigenvalue weighted by atomic mass is 9.74. The van der Waals surface area contributed by atoms with Crippen molar-refractivity contribution in [1.29, 1.82) is 0 Å². The van der Waals surface area contributed by atoms with E-state index < -0.39 is 0 Å². The summed E-state index contributed by atoms with van der Waals surface area (Å²) in [7, 11) is 1.74. The minimum atomic E-state index is 0.533. The van der Waals surface area contributed by atoms with Gasteiger partial charge in [0, 0.05) is 12.4 Å². The van der Waals surface area contributed by atoms with Crippen LogP contribution in [0.25, 0.3) is 0 Å². The molecule has 3 rings (SSSR count). The van der Waals surface area contributed by atoms with Crippen molar-refractivity contribution in [2.75, 3.05) is 7.11 Å². The van der Waals surface area contributed by atoms with E-state index in [1.165, 1.54) is 36.0 Å². The van der Waals surface area contributed by atoms with Gasteiger partial charge in [0.1, 0.15) is 5.75 Å². The van der Waals surface area contributed by atoms with Gasteiger partial charge in [0.05, 0.1) is 7.11 Å². The van der Waals surface area contributed by atoms with E-state index in [0.29, 0.717) is 11.8 Å². The summed E-state index contributed by atoms with van der Waals surface area (Å²) in [4.78, 5) is 4.12. The van der Waals surface area contributed by atoms with Crippen molar-refractivity contribution in [3.8, 4) is 5.75 Å². The number of hydrogen-bond donors (Lipinski definition) is 0. The summed E-state index contributed by atoms with van der Waals surface area (Å²) < 4.78 is 5.35. The Kier molecular flexibility index (Phi) is 3.72. The predicted molar refractivity (Wildman–Crippen MR) is 81.3 cm³/mol. The second-order valence-corrected chi connectivity index (χ2v) is 5.63. The van der Waals surface area contributed by atoms with Crippen molar-refractivity contribution in [2.24, 2.45) is 0 Å². The number of benzene rings is 1. The van der Waals surface area contributed by atoms with Gasteiger partial charge in [0.25, 0.3) is 0 Å². The largest absolute Gasteiger partial charge is 0.497 e. The Morgan fingerprint density at radius 1 is 1.20 bits per heavy atom. The first-order valence-electron chi connectivity index (χ1n) is 7.36. The molecule has 0 radical (unpaired) electrons. The summed E-state index contributed by atoms with van der Waals surface area (Å²) >= 11 is 0. The van der Waals surface area contributed by atoms with Crippen LogP contribution in [0.5, 0.6) is 5.75 Å². The molecular weight excluding hydrogens is 246 g/mol. The second-order valence-electron chi connectivity index (χ2n) is 5.63. The number of aromatic nitrogens is 1. The molecule has 2 nitrogen and oxygen atoms in total. The van der Waals surface area contributed by atoms with Crippen LogP contribution in [0, 0.1) is 0 Å². The minimum absolute atomic E-state index is 0.533. The molecule has 2 aromatic rings. The van der Waals surface area contributed by atoms with E-state index >= 15 is 0 Å². The maximum absolute atomic E-state index is 5.35. The van der Waals surface area contributed by atoms with Crippen molar-refractivity contribution in [3.63, 3.8) is 0 Å². The molecule has 20 heavy (non-hydrogen) atoms. The van der Waals surface area contributed by atoms with Crippen LogP contribution in [0.2, 0.25) is 0 Å². The van der Waals surface area contributed by atoms with E-state index in [4.69, 9.17) is 4.74 Å². The third-order valence-corrected chi connectivity index (χ3v) is 4.55. The maximum Gasteiger partial charge on any atom is 0.119 e. The molecular formula is C18H21NO. The number of rotatable bonds is 3. The molecule has 0 saturated heterocycles. The fourth-order valence-corrected chi connectivity index (χ4v) is 3.37. The summed E-state index contributed by atoms with van der Waals surface area (Å²) in [5.74, 6) is 2.11. The lowest BCUT2D eigenvalue weighted by Gasteiger charge is -2.31. The summed E-state index contributed by atoms with van der Waals surface area (Å²) in [6, 6.07) is 10.8. The Morgan fingerprint density at radius 3 is 2.75 bits per heavy atom. The first-order valence-corrected chi connectivity index (χ1v) is 7.36. The van der Waals surface area contributed by atoms with Crippen LogP contribution in [0.15, 0.2) is 42.7 Å². The van der Waals surface area contributed by atoms with E-state index in [2.05, 4.69) is 42.2 Å². The molecule has 0 spiro atoms. The third kappa shape index (κ3) is 2.43. The van der Waals surface area contributed by atoms with Gasteiger partial charge in [-0.15, -0.1) is 0 Å². The summed E-state index contributed by atoms with van der Waals surface area (Å²) in [6.45, 7) is 2.33. The van der Waals surface area contributed by atoms with Gasteiger partial charge < -0.3 is 4.74 Å². The number of fused-ring (bicyclic) bond motifs is 1. The zero-order chi connectivity index (χ0) is 13.9. The highest BCUT2D eigenvalue weighted by Gasteiger charge is 2.26. The molecule has 2 unspecified atom stereocenters. The van der Waals surface area contributed by atoms with Gasteiger partial charge >= 0.3 is 0 Å². The zero-order valence-electron chi connectivity index (χ0n) is 12.2. The highest BCUT2D eigenvalue weighted by atomic mass is 16.5. The van der Waals surface area contributed by atoms with Gasteiger partial charge in [-0.2, -0.15) is 0 Å². The molecule has 1 heterocycles. The summed E-state index contributed by atoms with van der Waals surface area (Å²) in [6.07, 6.45) is 7.49. The first-order chi connectivity index (χ1) is 9.79.